The van der Waals surface area contributed by atoms with Crippen LogP contribution in [0.5, 0.6) is 0 Å². The Morgan fingerprint density at radius 2 is 2.14 bits per heavy atom. The highest BCUT2D eigenvalue weighted by atomic mass is 32.1. The van der Waals surface area contributed by atoms with Crippen molar-refractivity contribution in [3.05, 3.63) is 34.0 Å². The number of aromatic carboxylic acids is 1. The van der Waals surface area contributed by atoms with Crippen molar-refractivity contribution in [1.29, 1.82) is 0 Å². The molecule has 0 aromatic carbocycles. The minimum absolute atomic E-state index is 0.159. The largest absolute Gasteiger partial charge is 0.478 e. The van der Waals surface area contributed by atoms with Crippen molar-refractivity contribution in [3.8, 4) is 0 Å². The average molecular weight is 321 g/mol. The van der Waals surface area contributed by atoms with E-state index in [2.05, 4.69) is 10.4 Å². The second-order valence-corrected chi connectivity index (χ2v) is 6.45. The van der Waals surface area contributed by atoms with Gasteiger partial charge in [0.1, 0.15) is 5.00 Å². The van der Waals surface area contributed by atoms with Crippen LogP contribution in [-0.2, 0) is 6.42 Å². The zero-order valence-electron chi connectivity index (χ0n) is 13.0. The highest BCUT2D eigenvalue weighted by Gasteiger charge is 2.22. The molecule has 2 N–H and O–H groups in total. The number of thiophene rings is 1. The van der Waals surface area contributed by atoms with Gasteiger partial charge in [-0.15, -0.1) is 11.3 Å². The molecule has 22 heavy (non-hydrogen) atoms. The summed E-state index contributed by atoms with van der Waals surface area (Å²) in [6.07, 6.45) is 2.34. The van der Waals surface area contributed by atoms with Gasteiger partial charge in [-0.25, -0.2) is 4.79 Å². The van der Waals surface area contributed by atoms with Crippen LogP contribution in [0.1, 0.15) is 58.1 Å². The number of carbonyl (C=O) groups is 2. The van der Waals surface area contributed by atoms with E-state index in [0.717, 1.165) is 10.4 Å². The number of aromatic nitrogens is 2. The second kappa shape index (κ2) is 6.31. The molecule has 2 heterocycles. The molecule has 2 rings (SSSR count). The molecule has 0 bridgehead atoms. The Bertz CT molecular complexity index is 716. The van der Waals surface area contributed by atoms with Crippen molar-refractivity contribution >= 4 is 28.2 Å². The molecule has 0 radical (unpaired) electrons. The Morgan fingerprint density at radius 3 is 2.64 bits per heavy atom. The summed E-state index contributed by atoms with van der Waals surface area (Å²) < 4.78 is 1.68. The summed E-state index contributed by atoms with van der Waals surface area (Å²) >= 11 is 1.28. The highest BCUT2D eigenvalue weighted by Crippen LogP contribution is 2.33. The molecule has 0 saturated heterocycles. The minimum atomic E-state index is -1.02. The van der Waals surface area contributed by atoms with Gasteiger partial charge in [0.25, 0.3) is 5.91 Å². The topological polar surface area (TPSA) is 84.2 Å². The molecule has 6 nitrogen and oxygen atoms in total. The van der Waals surface area contributed by atoms with Gasteiger partial charge >= 0.3 is 5.97 Å². The molecule has 0 saturated carbocycles. The third kappa shape index (κ3) is 3.04. The standard InChI is InChI=1S/C15H19N3O3S/c1-5-10-9(4)22-14(12(10)15(20)21)16-13(19)11-6-7-18(17-11)8(2)3/h6-8H,5H2,1-4H3,(H,16,19)(H,20,21). The van der Waals surface area contributed by atoms with Gasteiger partial charge in [-0.1, -0.05) is 6.92 Å². The third-order valence-corrected chi connectivity index (χ3v) is 4.44. The van der Waals surface area contributed by atoms with Crippen molar-refractivity contribution in [1.82, 2.24) is 9.78 Å². The zero-order chi connectivity index (χ0) is 16.4. The summed E-state index contributed by atoms with van der Waals surface area (Å²) in [5.74, 6) is -1.42. The number of carboxylic acids is 1. The van der Waals surface area contributed by atoms with Gasteiger partial charge in [0.05, 0.1) is 5.56 Å². The number of amides is 1. The summed E-state index contributed by atoms with van der Waals surface area (Å²) in [5.41, 5.74) is 1.22. The molecule has 0 aliphatic carbocycles. The Morgan fingerprint density at radius 1 is 1.45 bits per heavy atom. The van der Waals surface area contributed by atoms with Gasteiger partial charge < -0.3 is 10.4 Å². The van der Waals surface area contributed by atoms with Crippen LogP contribution in [0.2, 0.25) is 0 Å². The monoisotopic (exact) mass is 321 g/mol. The van der Waals surface area contributed by atoms with Crippen molar-refractivity contribution in [3.63, 3.8) is 0 Å². The molecular weight excluding hydrogens is 302 g/mol. The Kier molecular flexibility index (Phi) is 4.65. The number of hydrogen-bond donors (Lipinski definition) is 2. The molecule has 7 heteroatoms. The summed E-state index contributed by atoms with van der Waals surface area (Å²) in [5, 5.41) is 16.6. The normalized spacial score (nSPS) is 11.0. The van der Waals surface area contributed by atoms with Crippen LogP contribution in [0.4, 0.5) is 5.00 Å². The number of anilines is 1. The van der Waals surface area contributed by atoms with Gasteiger partial charge in [0.15, 0.2) is 5.69 Å². The summed E-state index contributed by atoms with van der Waals surface area (Å²) in [4.78, 5) is 24.6. The molecule has 2 aromatic heterocycles. The maximum atomic E-state index is 12.3. The van der Waals surface area contributed by atoms with Crippen molar-refractivity contribution < 1.29 is 14.7 Å². The fourth-order valence-electron chi connectivity index (χ4n) is 2.23. The first-order valence-corrected chi connectivity index (χ1v) is 7.88. The van der Waals surface area contributed by atoms with Crippen LogP contribution in [-0.4, -0.2) is 26.8 Å². The van der Waals surface area contributed by atoms with E-state index in [1.54, 1.807) is 16.9 Å². The van der Waals surface area contributed by atoms with E-state index < -0.39 is 11.9 Å². The first-order valence-electron chi connectivity index (χ1n) is 7.07. The lowest BCUT2D eigenvalue weighted by Gasteiger charge is -2.05. The first kappa shape index (κ1) is 16.2. The van der Waals surface area contributed by atoms with E-state index in [-0.39, 0.29) is 17.3 Å². The van der Waals surface area contributed by atoms with Gasteiger partial charge in [0, 0.05) is 17.1 Å². The van der Waals surface area contributed by atoms with E-state index in [0.29, 0.717) is 11.4 Å². The summed E-state index contributed by atoms with van der Waals surface area (Å²) in [6.45, 7) is 7.69. The van der Waals surface area contributed by atoms with Crippen molar-refractivity contribution in [2.75, 3.05) is 5.32 Å². The molecule has 0 aliphatic heterocycles. The van der Waals surface area contributed by atoms with E-state index in [1.807, 2.05) is 27.7 Å². The summed E-state index contributed by atoms with van der Waals surface area (Å²) in [7, 11) is 0. The molecular formula is C15H19N3O3S. The van der Waals surface area contributed by atoms with E-state index in [1.165, 1.54) is 11.3 Å². The molecule has 0 aliphatic rings. The molecule has 2 aromatic rings. The van der Waals surface area contributed by atoms with Crippen molar-refractivity contribution in [2.24, 2.45) is 0 Å². The number of nitrogens with zero attached hydrogens (tertiary/aromatic N) is 2. The minimum Gasteiger partial charge on any atom is -0.478 e. The maximum Gasteiger partial charge on any atom is 0.339 e. The Hall–Kier alpha value is -2.15. The molecule has 1 amide bonds. The Labute approximate surface area is 132 Å². The quantitative estimate of drug-likeness (QED) is 0.884. The number of carbonyl (C=O) groups excluding carboxylic acids is 1. The third-order valence-electron chi connectivity index (χ3n) is 3.37. The van der Waals surface area contributed by atoms with Gasteiger partial charge in [-0.2, -0.15) is 5.10 Å². The van der Waals surface area contributed by atoms with Crippen LogP contribution < -0.4 is 5.32 Å². The number of aryl methyl sites for hydroxylation is 1. The zero-order valence-corrected chi connectivity index (χ0v) is 13.8. The Balaban J connectivity index is 2.30. The van der Waals surface area contributed by atoms with Gasteiger partial charge in [-0.05, 0) is 38.8 Å². The lowest BCUT2D eigenvalue weighted by atomic mass is 10.1. The number of nitrogens with one attached hydrogen (secondary N) is 1. The van der Waals surface area contributed by atoms with Crippen LogP contribution >= 0.6 is 11.3 Å². The number of carboxylic acid groups (broad SMARTS) is 1. The molecule has 0 spiro atoms. The van der Waals surface area contributed by atoms with E-state index in [9.17, 15) is 14.7 Å². The average Bonchev–Trinajstić information content (AvgIpc) is 3.03. The predicted octanol–water partition coefficient (Wildman–Crippen LogP) is 3.35. The van der Waals surface area contributed by atoms with Crippen molar-refractivity contribution in [2.45, 2.75) is 40.2 Å². The van der Waals surface area contributed by atoms with E-state index in [4.69, 9.17) is 0 Å². The summed E-state index contributed by atoms with van der Waals surface area (Å²) in [6, 6.07) is 1.78. The van der Waals surface area contributed by atoms with E-state index >= 15 is 0 Å². The molecule has 0 fully saturated rings. The fourth-order valence-corrected chi connectivity index (χ4v) is 3.36. The second-order valence-electron chi connectivity index (χ2n) is 5.23. The first-order chi connectivity index (χ1) is 10.3. The van der Waals surface area contributed by atoms with Crippen LogP contribution in [0.25, 0.3) is 0 Å². The lowest BCUT2D eigenvalue weighted by Crippen LogP contribution is -2.15. The van der Waals surface area contributed by atoms with Crippen LogP contribution in [0.3, 0.4) is 0 Å². The lowest BCUT2D eigenvalue weighted by molar-refractivity contribution is 0.0697. The van der Waals surface area contributed by atoms with Gasteiger partial charge in [-0.3, -0.25) is 9.48 Å². The highest BCUT2D eigenvalue weighted by molar-refractivity contribution is 7.16. The smallest absolute Gasteiger partial charge is 0.339 e. The predicted molar refractivity (Wildman–Crippen MR) is 86.0 cm³/mol. The number of rotatable bonds is 5. The molecule has 118 valence electrons. The van der Waals surface area contributed by atoms with Crippen LogP contribution in [0, 0.1) is 6.92 Å². The van der Waals surface area contributed by atoms with Crippen LogP contribution in [0.15, 0.2) is 12.3 Å². The fraction of sp³-hybridized carbons (Fsp3) is 0.400. The SMILES string of the molecule is CCc1c(C)sc(NC(=O)c2ccn(C(C)C)n2)c1C(=O)O. The molecule has 0 atom stereocenters. The van der Waals surface area contributed by atoms with Gasteiger partial charge in [0.2, 0.25) is 0 Å². The molecule has 0 unspecified atom stereocenters. The maximum absolute atomic E-state index is 12.3. The number of hydrogen-bond acceptors (Lipinski definition) is 4.